The number of hydrogen-bond acceptors (Lipinski definition) is 9. The van der Waals surface area contributed by atoms with Crippen LogP contribution < -0.4 is 0 Å². The first kappa shape index (κ1) is 25.4. The predicted octanol–water partition coefficient (Wildman–Crippen LogP) is 0.493. The molecule has 0 radical (unpaired) electrons. The zero-order valence-electron chi connectivity index (χ0n) is 15.1. The number of esters is 2. The second-order valence-corrected chi connectivity index (χ2v) is 5.43. The third kappa shape index (κ3) is 16.1. The van der Waals surface area contributed by atoms with Gasteiger partial charge in [0.1, 0.15) is 18.5 Å². The summed E-state index contributed by atoms with van der Waals surface area (Å²) >= 11 is 0. The molecule has 0 aromatic rings. The van der Waals surface area contributed by atoms with Gasteiger partial charge in [-0.2, -0.15) is 9.59 Å². The van der Waals surface area contributed by atoms with Crippen LogP contribution in [0.1, 0.15) is 39.0 Å². The molecule has 0 atom stereocenters. The van der Waals surface area contributed by atoms with Gasteiger partial charge < -0.3 is 9.47 Å². The molecule has 2 rings (SSSR count). The third-order valence-corrected chi connectivity index (χ3v) is 3.03. The molecule has 2 aliphatic rings. The van der Waals surface area contributed by atoms with Crippen LogP contribution >= 0.6 is 0 Å². The van der Waals surface area contributed by atoms with Gasteiger partial charge in [-0.3, -0.25) is 9.59 Å². The van der Waals surface area contributed by atoms with E-state index in [0.717, 1.165) is 39.9 Å². The van der Waals surface area contributed by atoms with Crippen LogP contribution in [0.15, 0.2) is 0 Å². The Labute approximate surface area is 151 Å². The van der Waals surface area contributed by atoms with Gasteiger partial charge in [0, 0.05) is 5.92 Å². The molecule has 9 heteroatoms. The molecule has 0 heterocycles. The highest BCUT2D eigenvalue weighted by atomic mass is 16.6. The minimum Gasteiger partial charge on any atom is -0.461 e. The molecule has 9 nitrogen and oxygen atoms in total. The molecule has 26 heavy (non-hydrogen) atoms. The van der Waals surface area contributed by atoms with Gasteiger partial charge in [-0.25, -0.2) is 14.4 Å². The number of carbonyl (C=O) groups excluding carboxylic acids is 7. The van der Waals surface area contributed by atoms with E-state index in [4.69, 9.17) is 9.59 Å². The van der Waals surface area contributed by atoms with Crippen molar-refractivity contribution in [2.45, 2.75) is 39.0 Å². The molecule has 0 bridgehead atoms. The molecule has 144 valence electrons. The first-order chi connectivity index (χ1) is 12.1. The fraction of sp³-hybridized carbons (Fsp3) is 0.588. The fourth-order valence-electron chi connectivity index (χ4n) is 1.37. The quantitative estimate of drug-likeness (QED) is 0.299. The molecule has 0 N–H and O–H groups in total. The molecular weight excluding hydrogens is 348 g/mol. The van der Waals surface area contributed by atoms with E-state index in [1.54, 1.807) is 0 Å². The molecule has 2 aliphatic carbocycles. The number of hydrogen-bond donors (Lipinski definition) is 0. The molecule has 0 aromatic carbocycles. The predicted molar refractivity (Wildman–Crippen MR) is 85.2 cm³/mol. The second kappa shape index (κ2) is 14.5. The van der Waals surface area contributed by atoms with Crippen molar-refractivity contribution in [2.75, 3.05) is 14.2 Å². The minimum absolute atomic E-state index is 0.00750. The van der Waals surface area contributed by atoms with Crippen LogP contribution in [0.5, 0.6) is 0 Å². The normalized spacial score (nSPS) is 13.5. The SMILES string of the molecule is CC(=O)CC(=O)C1CC1.COC(=O)C(=O)OC.O=C=O.[CH2+]C(=O)C1CC1. The van der Waals surface area contributed by atoms with Gasteiger partial charge in [0.2, 0.25) is 0 Å². The Morgan fingerprint density at radius 3 is 1.38 bits per heavy atom. The lowest BCUT2D eigenvalue weighted by atomic mass is 10.1. The van der Waals surface area contributed by atoms with E-state index in [0.29, 0.717) is 5.92 Å². The highest BCUT2D eigenvalue weighted by molar-refractivity contribution is 6.29. The highest BCUT2D eigenvalue weighted by Gasteiger charge is 2.31. The molecule has 2 saturated carbocycles. The Kier molecular flexibility index (Phi) is 14.2. The smallest absolute Gasteiger partial charge is 0.417 e. The lowest BCUT2D eigenvalue weighted by Crippen LogP contribution is -2.16. The maximum absolute atomic E-state index is 10.8. The van der Waals surface area contributed by atoms with Crippen molar-refractivity contribution in [1.29, 1.82) is 0 Å². The topological polar surface area (TPSA) is 138 Å². The van der Waals surface area contributed by atoms with Gasteiger partial charge in [-0.1, -0.05) is 0 Å². The number of methoxy groups -OCH3 is 2. The minimum atomic E-state index is -0.979. The summed E-state index contributed by atoms with van der Waals surface area (Å²) in [5.74, 6) is -1.11. The van der Waals surface area contributed by atoms with Crippen LogP contribution in [0.3, 0.4) is 0 Å². The van der Waals surface area contributed by atoms with Crippen molar-refractivity contribution in [1.82, 2.24) is 0 Å². The third-order valence-electron chi connectivity index (χ3n) is 3.03. The first-order valence-electron chi connectivity index (χ1n) is 7.67. The van der Waals surface area contributed by atoms with Crippen LogP contribution in [-0.2, 0) is 43.0 Å². The Morgan fingerprint density at radius 1 is 0.885 bits per heavy atom. The van der Waals surface area contributed by atoms with E-state index in [2.05, 4.69) is 16.4 Å². The summed E-state index contributed by atoms with van der Waals surface area (Å²) in [4.78, 5) is 67.6. The van der Waals surface area contributed by atoms with Gasteiger partial charge in [-0.15, -0.1) is 0 Å². The lowest BCUT2D eigenvalue weighted by Gasteiger charge is -1.92. The fourth-order valence-corrected chi connectivity index (χ4v) is 1.37. The summed E-state index contributed by atoms with van der Waals surface area (Å²) < 4.78 is 7.98. The van der Waals surface area contributed by atoms with Crippen molar-refractivity contribution in [3.63, 3.8) is 0 Å². The molecule has 0 spiro atoms. The van der Waals surface area contributed by atoms with Crippen molar-refractivity contribution in [3.8, 4) is 0 Å². The average Bonchev–Trinajstić information content (AvgIpc) is 3.45. The zero-order chi connectivity index (χ0) is 20.7. The second-order valence-electron chi connectivity index (χ2n) is 5.43. The standard InChI is InChI=1S/C7H10O2.C5H7O.C4H6O4.CO2/c1-5(8)4-7(9)6-2-3-6;1-4(6)5-2-3-5;1-7-3(5)4(6)8-2;2-1-3/h6H,2-4H2,1H3;5H,1-3H2;1-2H3;/q;+1;;. The molecule has 0 aromatic heterocycles. The Bertz CT molecular complexity index is 522. The summed E-state index contributed by atoms with van der Waals surface area (Å²) in [7, 11) is 2.22. The summed E-state index contributed by atoms with van der Waals surface area (Å²) in [5, 5.41) is 0. The van der Waals surface area contributed by atoms with E-state index in [1.165, 1.54) is 6.92 Å². The number of rotatable bonds is 4. The van der Waals surface area contributed by atoms with Gasteiger partial charge in [-0.05, 0) is 32.6 Å². The van der Waals surface area contributed by atoms with Crippen molar-refractivity contribution >= 4 is 35.4 Å². The molecule has 0 amide bonds. The van der Waals surface area contributed by atoms with Crippen LogP contribution in [-0.4, -0.2) is 49.7 Å². The molecule has 0 saturated heterocycles. The highest BCUT2D eigenvalue weighted by Crippen LogP contribution is 2.30. The van der Waals surface area contributed by atoms with E-state index in [-0.39, 0.29) is 35.8 Å². The van der Waals surface area contributed by atoms with Crippen LogP contribution in [0.2, 0.25) is 0 Å². The summed E-state index contributed by atoms with van der Waals surface area (Å²) in [5.41, 5.74) is 0. The Balaban J connectivity index is 0. The summed E-state index contributed by atoms with van der Waals surface area (Å²) in [6.45, 7) is 4.72. The lowest BCUT2D eigenvalue weighted by molar-refractivity contribution is -0.191. The van der Waals surface area contributed by atoms with Crippen LogP contribution in [0.25, 0.3) is 0 Å². The number of carbonyl (C=O) groups is 5. The number of Topliss-reactive ketones (excluding diaryl/α,β-unsaturated/α-hetero) is 3. The van der Waals surface area contributed by atoms with Crippen molar-refractivity contribution in [3.05, 3.63) is 6.92 Å². The number of ketones is 3. The van der Waals surface area contributed by atoms with E-state index in [1.807, 2.05) is 0 Å². The number of ether oxygens (including phenoxy) is 2. The first-order valence-corrected chi connectivity index (χ1v) is 7.67. The van der Waals surface area contributed by atoms with Gasteiger partial charge in [0.15, 0.2) is 0 Å². The maximum atomic E-state index is 10.8. The molecule has 2 fully saturated rings. The summed E-state index contributed by atoms with van der Waals surface area (Å²) in [6.07, 6.45) is 4.59. The van der Waals surface area contributed by atoms with E-state index in [9.17, 15) is 24.0 Å². The Hall–Kier alpha value is -2.80. The van der Waals surface area contributed by atoms with Crippen molar-refractivity contribution < 1.29 is 43.0 Å². The largest absolute Gasteiger partial charge is 0.461 e. The van der Waals surface area contributed by atoms with Gasteiger partial charge in [0.25, 0.3) is 0 Å². The molecular formula is C17H23O9+. The Morgan fingerprint density at radius 2 is 1.23 bits per heavy atom. The van der Waals surface area contributed by atoms with Crippen LogP contribution in [0.4, 0.5) is 0 Å². The summed E-state index contributed by atoms with van der Waals surface area (Å²) in [6, 6.07) is 0. The molecule has 0 unspecified atom stereocenters. The van der Waals surface area contributed by atoms with E-state index < -0.39 is 11.9 Å². The van der Waals surface area contributed by atoms with Crippen molar-refractivity contribution in [2.24, 2.45) is 11.8 Å². The average molecular weight is 371 g/mol. The van der Waals surface area contributed by atoms with Gasteiger partial charge in [0.05, 0.1) is 26.6 Å². The maximum Gasteiger partial charge on any atom is 0.417 e. The monoisotopic (exact) mass is 371 g/mol. The van der Waals surface area contributed by atoms with E-state index >= 15 is 0 Å². The van der Waals surface area contributed by atoms with Crippen LogP contribution in [0, 0.1) is 18.8 Å². The zero-order valence-corrected chi connectivity index (χ0v) is 15.1. The molecule has 0 aliphatic heterocycles. The van der Waals surface area contributed by atoms with Gasteiger partial charge >= 0.3 is 23.9 Å².